The first kappa shape index (κ1) is 17.7. The van der Waals surface area contributed by atoms with E-state index in [0.29, 0.717) is 41.0 Å². The summed E-state index contributed by atoms with van der Waals surface area (Å²) in [6.45, 7) is 1.14. The second-order valence-corrected chi connectivity index (χ2v) is 6.84. The van der Waals surface area contributed by atoms with Crippen LogP contribution in [0.25, 0.3) is 11.0 Å². The molecule has 1 aromatic carbocycles. The standard InChI is InChI=1S/C20H19ClN2O4/c1-25-17-6-2-4-13-10-18(27-19(13)17)20(24)23-9-3-5-14(12-23)26-16-7-8-22-11-15(16)21/h2,4,6-8,10-11,14H,3,5,9,12H2,1H3/t14-/m0/s1. The number of piperidine rings is 1. The summed E-state index contributed by atoms with van der Waals surface area (Å²) in [6.07, 6.45) is 4.76. The number of furan rings is 1. The van der Waals surface area contributed by atoms with E-state index < -0.39 is 0 Å². The van der Waals surface area contributed by atoms with Crippen LogP contribution in [-0.2, 0) is 0 Å². The maximum atomic E-state index is 12.9. The van der Waals surface area contributed by atoms with Gasteiger partial charge in [0.25, 0.3) is 5.91 Å². The topological polar surface area (TPSA) is 64.8 Å². The van der Waals surface area contributed by atoms with E-state index in [9.17, 15) is 4.79 Å². The second-order valence-electron chi connectivity index (χ2n) is 6.43. The van der Waals surface area contributed by atoms with Gasteiger partial charge in [0.2, 0.25) is 0 Å². The molecule has 7 heteroatoms. The highest BCUT2D eigenvalue weighted by molar-refractivity contribution is 6.31. The summed E-state index contributed by atoms with van der Waals surface area (Å²) >= 11 is 6.12. The highest BCUT2D eigenvalue weighted by Crippen LogP contribution is 2.30. The molecule has 3 heterocycles. The van der Waals surface area contributed by atoms with Gasteiger partial charge < -0.3 is 18.8 Å². The van der Waals surface area contributed by atoms with E-state index in [2.05, 4.69) is 4.98 Å². The molecular formula is C20H19ClN2O4. The molecule has 140 valence electrons. The number of fused-ring (bicyclic) bond motifs is 1. The van der Waals surface area contributed by atoms with Crippen molar-refractivity contribution in [2.45, 2.75) is 18.9 Å². The number of pyridine rings is 1. The van der Waals surface area contributed by atoms with E-state index in [0.717, 1.165) is 18.2 Å². The Bertz CT molecular complexity index is 972. The Labute approximate surface area is 161 Å². The molecule has 0 unspecified atom stereocenters. The molecule has 0 bridgehead atoms. The third-order valence-electron chi connectivity index (χ3n) is 4.63. The maximum Gasteiger partial charge on any atom is 0.289 e. The van der Waals surface area contributed by atoms with Crippen LogP contribution in [0.5, 0.6) is 11.5 Å². The first-order valence-electron chi connectivity index (χ1n) is 8.77. The minimum atomic E-state index is -0.151. The van der Waals surface area contributed by atoms with Crippen molar-refractivity contribution in [2.75, 3.05) is 20.2 Å². The predicted octanol–water partition coefficient (Wildman–Crippen LogP) is 4.17. The monoisotopic (exact) mass is 386 g/mol. The summed E-state index contributed by atoms with van der Waals surface area (Å²) in [4.78, 5) is 18.6. The van der Waals surface area contributed by atoms with Crippen molar-refractivity contribution in [3.8, 4) is 11.5 Å². The Morgan fingerprint density at radius 3 is 3.04 bits per heavy atom. The van der Waals surface area contributed by atoms with Crippen LogP contribution in [0.2, 0.25) is 5.02 Å². The molecule has 1 saturated heterocycles. The number of carbonyl (C=O) groups is 1. The van der Waals surface area contributed by atoms with Gasteiger partial charge in [0.05, 0.1) is 13.7 Å². The number of ether oxygens (including phenoxy) is 2. The van der Waals surface area contributed by atoms with Crippen LogP contribution in [-0.4, -0.2) is 42.1 Å². The Kier molecular flexibility index (Phi) is 4.90. The summed E-state index contributed by atoms with van der Waals surface area (Å²) in [5.74, 6) is 1.35. The summed E-state index contributed by atoms with van der Waals surface area (Å²) in [5.41, 5.74) is 0.580. The molecular weight excluding hydrogens is 368 g/mol. The number of likely N-dealkylation sites (tertiary alicyclic amines) is 1. The number of aromatic nitrogens is 1. The van der Waals surface area contributed by atoms with Gasteiger partial charge >= 0.3 is 0 Å². The van der Waals surface area contributed by atoms with Crippen molar-refractivity contribution in [3.63, 3.8) is 0 Å². The fourth-order valence-electron chi connectivity index (χ4n) is 3.31. The zero-order valence-electron chi connectivity index (χ0n) is 14.9. The molecule has 1 atom stereocenters. The second kappa shape index (κ2) is 7.48. The summed E-state index contributed by atoms with van der Waals surface area (Å²) in [6, 6.07) is 9.06. The molecule has 1 amide bonds. The molecule has 6 nitrogen and oxygen atoms in total. The molecule has 1 aliphatic heterocycles. The van der Waals surface area contributed by atoms with Gasteiger partial charge in [-0.05, 0) is 25.0 Å². The number of methoxy groups -OCH3 is 1. The lowest BCUT2D eigenvalue weighted by Gasteiger charge is -2.32. The third kappa shape index (κ3) is 3.57. The lowest BCUT2D eigenvalue weighted by atomic mass is 10.1. The van der Waals surface area contributed by atoms with Crippen molar-refractivity contribution in [3.05, 3.63) is 53.5 Å². The summed E-state index contributed by atoms with van der Waals surface area (Å²) < 4.78 is 17.1. The highest BCUT2D eigenvalue weighted by Gasteiger charge is 2.28. The van der Waals surface area contributed by atoms with Crippen LogP contribution >= 0.6 is 11.6 Å². The number of benzene rings is 1. The zero-order chi connectivity index (χ0) is 18.8. The average Bonchev–Trinajstić information content (AvgIpc) is 3.14. The molecule has 0 saturated carbocycles. The number of para-hydroxylation sites is 1. The Morgan fingerprint density at radius 2 is 2.22 bits per heavy atom. The van der Waals surface area contributed by atoms with Gasteiger partial charge in [-0.3, -0.25) is 9.78 Å². The van der Waals surface area contributed by atoms with E-state index in [1.807, 2.05) is 18.2 Å². The Balaban J connectivity index is 1.51. The van der Waals surface area contributed by atoms with E-state index in [1.165, 1.54) is 0 Å². The number of carbonyl (C=O) groups excluding carboxylic acids is 1. The van der Waals surface area contributed by atoms with E-state index >= 15 is 0 Å². The van der Waals surface area contributed by atoms with Crippen molar-refractivity contribution in [1.29, 1.82) is 0 Å². The van der Waals surface area contributed by atoms with Gasteiger partial charge in [-0.25, -0.2) is 0 Å². The van der Waals surface area contributed by atoms with Crippen LogP contribution in [0.4, 0.5) is 0 Å². The van der Waals surface area contributed by atoms with Crippen molar-refractivity contribution in [1.82, 2.24) is 9.88 Å². The minimum absolute atomic E-state index is 0.124. The molecule has 0 radical (unpaired) electrons. The first-order chi connectivity index (χ1) is 13.2. The summed E-state index contributed by atoms with van der Waals surface area (Å²) in [5, 5.41) is 1.30. The minimum Gasteiger partial charge on any atom is -0.493 e. The van der Waals surface area contributed by atoms with Gasteiger partial charge in [0.1, 0.15) is 16.9 Å². The van der Waals surface area contributed by atoms with E-state index in [1.54, 1.807) is 36.5 Å². The SMILES string of the molecule is COc1cccc2cc(C(=O)N3CCC[C@H](Oc4ccncc4Cl)C3)oc12. The fourth-order valence-corrected chi connectivity index (χ4v) is 3.48. The third-order valence-corrected chi connectivity index (χ3v) is 4.92. The van der Waals surface area contributed by atoms with Crippen LogP contribution < -0.4 is 9.47 Å². The van der Waals surface area contributed by atoms with Crippen LogP contribution in [0.3, 0.4) is 0 Å². The van der Waals surface area contributed by atoms with E-state index in [4.69, 9.17) is 25.5 Å². The number of rotatable bonds is 4. The van der Waals surface area contributed by atoms with Crippen molar-refractivity contribution in [2.24, 2.45) is 0 Å². The number of nitrogens with zero attached hydrogens (tertiary/aromatic N) is 2. The number of halogens is 1. The quantitative estimate of drug-likeness (QED) is 0.673. The molecule has 0 aliphatic carbocycles. The molecule has 3 aromatic rings. The lowest BCUT2D eigenvalue weighted by Crippen LogP contribution is -2.44. The molecule has 1 aliphatic rings. The van der Waals surface area contributed by atoms with Crippen LogP contribution in [0.15, 0.2) is 47.1 Å². The van der Waals surface area contributed by atoms with Gasteiger partial charge in [-0.2, -0.15) is 0 Å². The molecule has 4 rings (SSSR count). The van der Waals surface area contributed by atoms with Gasteiger partial charge in [-0.15, -0.1) is 0 Å². The van der Waals surface area contributed by atoms with Crippen LogP contribution in [0.1, 0.15) is 23.4 Å². The van der Waals surface area contributed by atoms with Crippen molar-refractivity contribution >= 4 is 28.5 Å². The predicted molar refractivity (Wildman–Crippen MR) is 102 cm³/mol. The molecule has 2 aromatic heterocycles. The van der Waals surface area contributed by atoms with Gasteiger partial charge in [-0.1, -0.05) is 23.7 Å². The number of amides is 1. The average molecular weight is 387 g/mol. The lowest BCUT2D eigenvalue weighted by molar-refractivity contribution is 0.0512. The number of hydrogen-bond donors (Lipinski definition) is 0. The largest absolute Gasteiger partial charge is 0.493 e. The molecule has 0 spiro atoms. The zero-order valence-corrected chi connectivity index (χ0v) is 15.6. The van der Waals surface area contributed by atoms with Crippen molar-refractivity contribution < 1.29 is 18.7 Å². The van der Waals surface area contributed by atoms with Gasteiger partial charge in [0, 0.05) is 30.4 Å². The molecule has 0 N–H and O–H groups in total. The van der Waals surface area contributed by atoms with E-state index in [-0.39, 0.29) is 12.0 Å². The Morgan fingerprint density at radius 1 is 1.33 bits per heavy atom. The highest BCUT2D eigenvalue weighted by atomic mass is 35.5. The normalized spacial score (nSPS) is 17.1. The first-order valence-corrected chi connectivity index (χ1v) is 9.15. The Hall–Kier alpha value is -2.73. The maximum absolute atomic E-state index is 12.9. The summed E-state index contributed by atoms with van der Waals surface area (Å²) in [7, 11) is 1.58. The van der Waals surface area contributed by atoms with Crippen LogP contribution in [0, 0.1) is 0 Å². The van der Waals surface area contributed by atoms with Gasteiger partial charge in [0.15, 0.2) is 17.1 Å². The number of hydrogen-bond acceptors (Lipinski definition) is 5. The molecule has 1 fully saturated rings. The molecule has 27 heavy (non-hydrogen) atoms. The smallest absolute Gasteiger partial charge is 0.289 e. The fraction of sp³-hybridized carbons (Fsp3) is 0.300.